The number of amides is 1. The van der Waals surface area contributed by atoms with E-state index in [-0.39, 0.29) is 11.6 Å². The van der Waals surface area contributed by atoms with Crippen LogP contribution < -0.4 is 5.32 Å². The van der Waals surface area contributed by atoms with Gasteiger partial charge in [0.1, 0.15) is 6.61 Å². The Balaban J connectivity index is 1.81. The molecule has 23 heavy (non-hydrogen) atoms. The predicted octanol–water partition coefficient (Wildman–Crippen LogP) is 2.46. The van der Waals surface area contributed by atoms with Crippen molar-refractivity contribution in [3.05, 3.63) is 35.5 Å². The second kappa shape index (κ2) is 5.57. The molecule has 0 radical (unpaired) electrons. The lowest BCUT2D eigenvalue weighted by atomic mass is 9.93. The first kappa shape index (κ1) is 15.9. The predicted molar refractivity (Wildman–Crippen MR) is 91.5 cm³/mol. The van der Waals surface area contributed by atoms with E-state index < -0.39 is 0 Å². The van der Waals surface area contributed by atoms with E-state index in [0.717, 1.165) is 23.9 Å². The topological polar surface area (TPSA) is 54.1 Å². The quantitative estimate of drug-likeness (QED) is 0.833. The van der Waals surface area contributed by atoms with Gasteiger partial charge >= 0.3 is 6.09 Å². The van der Waals surface area contributed by atoms with E-state index in [2.05, 4.69) is 55.8 Å². The first-order valence-corrected chi connectivity index (χ1v) is 8.08. The number of nitrogens with zero attached hydrogens (tertiary/aromatic N) is 1. The number of carbonyl (C=O) groups excluding carboxylic acids is 1. The van der Waals surface area contributed by atoms with Gasteiger partial charge in [-0.1, -0.05) is 6.07 Å². The van der Waals surface area contributed by atoms with Crippen LogP contribution in [0.1, 0.15) is 18.1 Å². The highest BCUT2D eigenvalue weighted by Gasteiger charge is 2.34. The van der Waals surface area contributed by atoms with Gasteiger partial charge in [0.2, 0.25) is 0 Å². The lowest BCUT2D eigenvalue weighted by Gasteiger charge is -2.23. The Morgan fingerprint density at radius 1 is 1.30 bits per heavy atom. The van der Waals surface area contributed by atoms with E-state index in [4.69, 9.17) is 4.74 Å². The summed E-state index contributed by atoms with van der Waals surface area (Å²) in [5.41, 5.74) is 3.43. The van der Waals surface area contributed by atoms with Crippen LogP contribution >= 0.6 is 0 Å². The summed E-state index contributed by atoms with van der Waals surface area (Å²) in [5, 5.41) is 4.19. The summed E-state index contributed by atoms with van der Waals surface area (Å²) in [6, 6.07) is 6.49. The molecule has 0 spiro atoms. The van der Waals surface area contributed by atoms with Gasteiger partial charge in [-0.25, -0.2) is 4.79 Å². The third kappa shape index (κ3) is 3.67. The zero-order valence-corrected chi connectivity index (χ0v) is 14.4. The number of aromatic nitrogens is 1. The molecule has 0 saturated carbocycles. The number of alkyl carbamates (subject to hydrolysis) is 1. The fourth-order valence-electron chi connectivity index (χ4n) is 3.09. The van der Waals surface area contributed by atoms with Crippen molar-refractivity contribution < 1.29 is 14.0 Å². The van der Waals surface area contributed by atoms with Gasteiger partial charge in [-0.05, 0) is 36.6 Å². The molecule has 1 aromatic carbocycles. The van der Waals surface area contributed by atoms with Crippen LogP contribution in [-0.4, -0.2) is 55.4 Å². The number of aromatic amines is 1. The smallest absolute Gasteiger partial charge is 0.407 e. The second-order valence-corrected chi connectivity index (χ2v) is 7.90. The molecule has 1 aromatic heterocycles. The highest BCUT2D eigenvalue weighted by atomic mass is 16.6. The van der Waals surface area contributed by atoms with E-state index in [9.17, 15) is 4.79 Å². The highest BCUT2D eigenvalue weighted by molar-refractivity contribution is 5.84. The first-order valence-electron chi connectivity index (χ1n) is 8.08. The van der Waals surface area contributed by atoms with Crippen molar-refractivity contribution in [2.24, 2.45) is 0 Å². The molecule has 5 nitrogen and oxygen atoms in total. The van der Waals surface area contributed by atoms with Crippen LogP contribution in [0.15, 0.2) is 24.4 Å². The molecular weight excluding hydrogens is 290 g/mol. The molecule has 5 heteroatoms. The largest absolute Gasteiger partial charge is 0.447 e. The van der Waals surface area contributed by atoms with Crippen LogP contribution in [0.3, 0.4) is 0 Å². The molecule has 2 N–H and O–H groups in total. The Bertz CT molecular complexity index is 729. The monoisotopic (exact) mass is 316 g/mol. The van der Waals surface area contributed by atoms with Crippen molar-refractivity contribution in [2.45, 2.75) is 25.3 Å². The minimum Gasteiger partial charge on any atom is -0.447 e. The maximum atomic E-state index is 11.3. The number of nitrogens with one attached hydrogen (secondary N) is 2. The number of quaternary nitrogens is 1. The molecular formula is C18H26N3O2+. The number of benzene rings is 1. The van der Waals surface area contributed by atoms with Crippen molar-refractivity contribution in [1.82, 2.24) is 10.3 Å². The molecule has 1 fully saturated rings. The fraction of sp³-hybridized carbons (Fsp3) is 0.500. The summed E-state index contributed by atoms with van der Waals surface area (Å²) in [4.78, 5) is 14.7. The van der Waals surface area contributed by atoms with Gasteiger partial charge in [-0.3, -0.25) is 0 Å². The van der Waals surface area contributed by atoms with E-state index in [0.29, 0.717) is 6.61 Å². The van der Waals surface area contributed by atoms with E-state index in [1.165, 1.54) is 22.0 Å². The molecule has 1 aliphatic heterocycles. The molecule has 1 aliphatic rings. The van der Waals surface area contributed by atoms with E-state index >= 15 is 0 Å². The molecule has 1 unspecified atom stereocenters. The summed E-state index contributed by atoms with van der Waals surface area (Å²) < 4.78 is 6.01. The van der Waals surface area contributed by atoms with Crippen molar-refractivity contribution in [3.8, 4) is 0 Å². The minimum absolute atomic E-state index is 0.316. The molecule has 1 saturated heterocycles. The van der Waals surface area contributed by atoms with Gasteiger partial charge in [0.05, 0.1) is 33.2 Å². The van der Waals surface area contributed by atoms with Crippen molar-refractivity contribution in [3.63, 3.8) is 0 Å². The van der Waals surface area contributed by atoms with Crippen LogP contribution in [0.25, 0.3) is 10.9 Å². The second-order valence-electron chi connectivity index (χ2n) is 7.90. The first-order chi connectivity index (χ1) is 10.7. The normalized spacial score (nSPS) is 21.5. The van der Waals surface area contributed by atoms with Crippen LogP contribution in [-0.2, 0) is 17.6 Å². The van der Waals surface area contributed by atoms with Gasteiger partial charge in [-0.15, -0.1) is 0 Å². The van der Waals surface area contributed by atoms with Crippen LogP contribution in [0, 0.1) is 0 Å². The lowest BCUT2D eigenvalue weighted by molar-refractivity contribution is -0.870. The average Bonchev–Trinajstić information content (AvgIpc) is 2.99. The van der Waals surface area contributed by atoms with Crippen LogP contribution in [0.4, 0.5) is 4.79 Å². The van der Waals surface area contributed by atoms with Gasteiger partial charge in [0.25, 0.3) is 0 Å². The molecule has 124 valence electrons. The summed E-state index contributed by atoms with van der Waals surface area (Å²) >= 11 is 0. The number of ether oxygens (including phenoxy) is 1. The Hall–Kier alpha value is -2.01. The highest BCUT2D eigenvalue weighted by Crippen LogP contribution is 2.24. The van der Waals surface area contributed by atoms with E-state index in [1.807, 2.05) is 6.92 Å². The molecule has 1 atom stereocenters. The Labute approximate surface area is 137 Å². The number of carbonyl (C=O) groups is 1. The van der Waals surface area contributed by atoms with Gasteiger partial charge in [0, 0.05) is 23.5 Å². The zero-order chi connectivity index (χ0) is 16.7. The van der Waals surface area contributed by atoms with Gasteiger partial charge in [0.15, 0.2) is 0 Å². The molecule has 1 amide bonds. The molecule has 0 bridgehead atoms. The van der Waals surface area contributed by atoms with Gasteiger partial charge < -0.3 is 19.5 Å². The number of hydrogen-bond donors (Lipinski definition) is 2. The number of hydrogen-bond acceptors (Lipinski definition) is 2. The third-order valence-electron chi connectivity index (χ3n) is 4.40. The summed E-state index contributed by atoms with van der Waals surface area (Å²) in [7, 11) is 6.64. The minimum atomic E-state index is -0.321. The fourth-order valence-corrected chi connectivity index (χ4v) is 3.09. The Morgan fingerprint density at radius 2 is 2.09 bits per heavy atom. The summed E-state index contributed by atoms with van der Waals surface area (Å²) in [5.74, 6) is 0. The summed E-state index contributed by atoms with van der Waals surface area (Å²) in [6.45, 7) is 3.54. The molecule has 0 aliphatic carbocycles. The maximum absolute atomic E-state index is 11.3. The number of likely N-dealkylation sites (N-methyl/N-ethyl adjacent to an activating group) is 1. The van der Waals surface area contributed by atoms with Crippen molar-refractivity contribution >= 4 is 17.0 Å². The molecule has 2 heterocycles. The van der Waals surface area contributed by atoms with Crippen LogP contribution in [0.5, 0.6) is 0 Å². The number of cyclic esters (lactones) is 1. The van der Waals surface area contributed by atoms with Crippen molar-refractivity contribution in [2.75, 3.05) is 34.3 Å². The maximum Gasteiger partial charge on any atom is 0.407 e. The molecule has 3 rings (SSSR count). The lowest BCUT2D eigenvalue weighted by Crippen LogP contribution is -2.42. The molecule has 2 aromatic rings. The number of rotatable bonds is 5. The summed E-state index contributed by atoms with van der Waals surface area (Å²) in [6.07, 6.45) is 3.61. The average molecular weight is 316 g/mol. The van der Waals surface area contributed by atoms with E-state index in [1.54, 1.807) is 0 Å². The SMILES string of the molecule is CC1(Cc2ccc3[nH]cc(CC[N+](C)(C)C)c3c2)COC(=O)N1. The van der Waals surface area contributed by atoms with Crippen LogP contribution in [0.2, 0.25) is 0 Å². The Kier molecular flexibility index (Phi) is 3.84. The Morgan fingerprint density at radius 3 is 2.74 bits per heavy atom. The standard InChI is InChI=1S/C18H25N3O2/c1-18(12-23-17(22)20-18)10-13-5-6-16-15(9-13)14(11-19-16)7-8-21(2,3)4/h5-6,9,11,19H,7-8,10,12H2,1-4H3/p+1. The van der Waals surface area contributed by atoms with Gasteiger partial charge in [-0.2, -0.15) is 0 Å². The third-order valence-corrected chi connectivity index (χ3v) is 4.40. The van der Waals surface area contributed by atoms with Crippen molar-refractivity contribution in [1.29, 1.82) is 0 Å². The zero-order valence-electron chi connectivity index (χ0n) is 14.4. The number of H-pyrrole nitrogens is 1. The number of fused-ring (bicyclic) bond motifs is 1.